The second-order valence-corrected chi connectivity index (χ2v) is 4.77. The van der Waals surface area contributed by atoms with E-state index in [1.807, 2.05) is 0 Å². The molecule has 1 aromatic heterocycles. The molecule has 112 valence electrons. The Balaban J connectivity index is 2.25. The number of halogens is 2. The highest BCUT2D eigenvalue weighted by Gasteiger charge is 2.13. The first kappa shape index (κ1) is 15.6. The zero-order valence-electron chi connectivity index (χ0n) is 11.0. The number of nitriles is 1. The molecular formula is C14H9F2N3O2S. The van der Waals surface area contributed by atoms with Crippen LogP contribution in [0.4, 0.5) is 13.9 Å². The Bertz CT molecular complexity index is 724. The number of nitrogens with zero attached hydrogens (tertiary/aromatic N) is 2. The van der Waals surface area contributed by atoms with E-state index in [4.69, 9.17) is 5.26 Å². The third-order valence-corrected chi connectivity index (χ3v) is 3.14. The highest BCUT2D eigenvalue weighted by molar-refractivity contribution is 7.13. The molecule has 5 nitrogen and oxygen atoms in total. The molecule has 1 aromatic carbocycles. The summed E-state index contributed by atoms with van der Waals surface area (Å²) in [6, 6.07) is 7.61. The molecule has 0 aliphatic heterocycles. The molecule has 0 bridgehead atoms. The van der Waals surface area contributed by atoms with Crippen molar-refractivity contribution in [2.24, 2.45) is 0 Å². The van der Waals surface area contributed by atoms with Crippen molar-refractivity contribution in [1.82, 2.24) is 4.98 Å². The highest BCUT2D eigenvalue weighted by atomic mass is 32.1. The minimum absolute atomic E-state index is 0.118. The molecule has 1 N–H and O–H groups in total. The van der Waals surface area contributed by atoms with E-state index in [1.54, 1.807) is 17.5 Å². The van der Waals surface area contributed by atoms with Crippen molar-refractivity contribution in [1.29, 1.82) is 5.26 Å². The van der Waals surface area contributed by atoms with E-state index in [9.17, 15) is 13.6 Å². The molecule has 0 atom stereocenters. The molecular weight excluding hydrogens is 312 g/mol. The Labute approximate surface area is 128 Å². The van der Waals surface area contributed by atoms with Crippen LogP contribution in [-0.2, 0) is 4.79 Å². The standard InChI is InChI=1S/C14H9F2N3O2S/c15-13(16)21-11-4-2-1-3-9(11)7-10(8-17)12(20)19-14-18-5-6-22-14/h1-7,13H,(H,18,19,20). The van der Waals surface area contributed by atoms with Gasteiger partial charge in [0.1, 0.15) is 17.4 Å². The highest BCUT2D eigenvalue weighted by Crippen LogP contribution is 2.23. The van der Waals surface area contributed by atoms with Crippen molar-refractivity contribution >= 4 is 28.5 Å². The van der Waals surface area contributed by atoms with Gasteiger partial charge in [-0.1, -0.05) is 18.2 Å². The summed E-state index contributed by atoms with van der Waals surface area (Å²) in [5.74, 6) is -0.795. The van der Waals surface area contributed by atoms with Gasteiger partial charge in [-0.15, -0.1) is 11.3 Å². The summed E-state index contributed by atoms with van der Waals surface area (Å²) in [7, 11) is 0. The van der Waals surface area contributed by atoms with E-state index in [-0.39, 0.29) is 16.9 Å². The number of carbonyl (C=O) groups excluding carboxylic acids is 1. The molecule has 0 spiro atoms. The molecule has 22 heavy (non-hydrogen) atoms. The van der Waals surface area contributed by atoms with Gasteiger partial charge >= 0.3 is 6.61 Å². The van der Waals surface area contributed by atoms with Gasteiger partial charge in [0.2, 0.25) is 0 Å². The first-order valence-corrected chi connectivity index (χ1v) is 6.84. The number of thiazole rings is 1. The molecule has 2 aromatic rings. The Morgan fingerprint density at radius 1 is 1.45 bits per heavy atom. The number of anilines is 1. The summed E-state index contributed by atoms with van der Waals surface area (Å²) >= 11 is 1.19. The smallest absolute Gasteiger partial charge is 0.387 e. The Morgan fingerprint density at radius 2 is 2.23 bits per heavy atom. The minimum atomic E-state index is -3.00. The van der Waals surface area contributed by atoms with Crippen LogP contribution in [0.5, 0.6) is 5.75 Å². The largest absolute Gasteiger partial charge is 0.434 e. The van der Waals surface area contributed by atoms with E-state index >= 15 is 0 Å². The van der Waals surface area contributed by atoms with Crippen molar-refractivity contribution in [3.63, 3.8) is 0 Å². The van der Waals surface area contributed by atoms with Crippen LogP contribution in [0.25, 0.3) is 6.08 Å². The molecule has 0 saturated heterocycles. The van der Waals surface area contributed by atoms with Gasteiger partial charge in [-0.2, -0.15) is 14.0 Å². The monoisotopic (exact) mass is 321 g/mol. The van der Waals surface area contributed by atoms with Crippen molar-refractivity contribution < 1.29 is 18.3 Å². The van der Waals surface area contributed by atoms with Gasteiger partial charge in [-0.25, -0.2) is 4.98 Å². The van der Waals surface area contributed by atoms with E-state index in [0.717, 1.165) is 0 Å². The molecule has 0 aliphatic rings. The fourth-order valence-electron chi connectivity index (χ4n) is 1.56. The maximum absolute atomic E-state index is 12.3. The Kier molecular flexibility index (Phi) is 5.16. The van der Waals surface area contributed by atoms with Gasteiger partial charge in [0.25, 0.3) is 5.91 Å². The lowest BCUT2D eigenvalue weighted by molar-refractivity contribution is -0.112. The van der Waals surface area contributed by atoms with E-state index in [1.165, 1.54) is 41.8 Å². The lowest BCUT2D eigenvalue weighted by Crippen LogP contribution is -2.13. The van der Waals surface area contributed by atoms with Crippen molar-refractivity contribution in [2.45, 2.75) is 6.61 Å². The average molecular weight is 321 g/mol. The molecule has 0 aliphatic carbocycles. The number of nitrogens with one attached hydrogen (secondary N) is 1. The topological polar surface area (TPSA) is 75.0 Å². The summed E-state index contributed by atoms with van der Waals surface area (Å²) < 4.78 is 29.0. The molecule has 8 heteroatoms. The number of amides is 1. The lowest BCUT2D eigenvalue weighted by Gasteiger charge is -2.08. The Morgan fingerprint density at radius 3 is 2.86 bits per heavy atom. The van der Waals surface area contributed by atoms with Crippen LogP contribution >= 0.6 is 11.3 Å². The van der Waals surface area contributed by atoms with Crippen LogP contribution in [0.15, 0.2) is 41.4 Å². The number of carbonyl (C=O) groups is 1. The summed E-state index contributed by atoms with van der Waals surface area (Å²) in [6.45, 7) is -3.00. The second-order valence-electron chi connectivity index (χ2n) is 3.88. The van der Waals surface area contributed by atoms with Gasteiger partial charge < -0.3 is 4.74 Å². The summed E-state index contributed by atoms with van der Waals surface area (Å²) in [4.78, 5) is 15.8. The van der Waals surface area contributed by atoms with Crippen LogP contribution in [-0.4, -0.2) is 17.5 Å². The predicted molar refractivity (Wildman–Crippen MR) is 77.4 cm³/mol. The van der Waals surface area contributed by atoms with Crippen molar-refractivity contribution in [3.8, 4) is 11.8 Å². The number of para-hydroxylation sites is 1. The third-order valence-electron chi connectivity index (χ3n) is 2.45. The van der Waals surface area contributed by atoms with Crippen molar-refractivity contribution in [3.05, 3.63) is 47.0 Å². The summed E-state index contributed by atoms with van der Waals surface area (Å²) in [5, 5.41) is 13.5. The van der Waals surface area contributed by atoms with Crippen LogP contribution in [0.3, 0.4) is 0 Å². The summed E-state index contributed by atoms with van der Waals surface area (Å²) in [6.07, 6.45) is 2.68. The predicted octanol–water partition coefficient (Wildman–Crippen LogP) is 3.29. The van der Waals surface area contributed by atoms with Crippen LogP contribution < -0.4 is 10.1 Å². The molecule has 2 rings (SSSR count). The maximum atomic E-state index is 12.3. The first-order chi connectivity index (χ1) is 10.6. The number of aromatic nitrogens is 1. The normalized spacial score (nSPS) is 11.1. The Hall–Kier alpha value is -2.79. The van der Waals surface area contributed by atoms with Crippen LogP contribution in [0.1, 0.15) is 5.56 Å². The molecule has 0 unspecified atom stereocenters. The zero-order chi connectivity index (χ0) is 15.9. The minimum Gasteiger partial charge on any atom is -0.434 e. The number of ether oxygens (including phenoxy) is 1. The van der Waals surface area contributed by atoms with Gasteiger partial charge in [0.15, 0.2) is 5.13 Å². The second kappa shape index (κ2) is 7.28. The fourth-order valence-corrected chi connectivity index (χ4v) is 2.08. The average Bonchev–Trinajstić information content (AvgIpc) is 2.98. The first-order valence-electron chi connectivity index (χ1n) is 5.96. The number of rotatable bonds is 5. The summed E-state index contributed by atoms with van der Waals surface area (Å²) in [5.41, 5.74) is -0.0471. The third kappa shape index (κ3) is 4.10. The molecule has 0 radical (unpaired) electrons. The fraction of sp³-hybridized carbons (Fsp3) is 0.0714. The quantitative estimate of drug-likeness (QED) is 0.677. The molecule has 0 saturated carbocycles. The van der Waals surface area contributed by atoms with Gasteiger partial charge in [0, 0.05) is 17.1 Å². The van der Waals surface area contributed by atoms with Gasteiger partial charge in [-0.05, 0) is 12.1 Å². The molecule has 0 fully saturated rings. The van der Waals surface area contributed by atoms with Crippen LogP contribution in [0.2, 0.25) is 0 Å². The maximum Gasteiger partial charge on any atom is 0.387 e. The molecule has 1 amide bonds. The molecule has 1 heterocycles. The number of hydrogen-bond acceptors (Lipinski definition) is 5. The number of alkyl halides is 2. The number of hydrogen-bond donors (Lipinski definition) is 1. The lowest BCUT2D eigenvalue weighted by atomic mass is 10.1. The van der Waals surface area contributed by atoms with E-state index in [2.05, 4.69) is 15.0 Å². The van der Waals surface area contributed by atoms with Gasteiger partial charge in [-0.3, -0.25) is 10.1 Å². The SMILES string of the molecule is N#CC(=Cc1ccccc1OC(F)F)C(=O)Nc1nccs1. The van der Waals surface area contributed by atoms with Crippen LogP contribution in [0, 0.1) is 11.3 Å². The van der Waals surface area contributed by atoms with Crippen molar-refractivity contribution in [2.75, 3.05) is 5.32 Å². The van der Waals surface area contributed by atoms with E-state index < -0.39 is 12.5 Å². The zero-order valence-corrected chi connectivity index (χ0v) is 11.8. The number of benzene rings is 1. The van der Waals surface area contributed by atoms with Gasteiger partial charge in [0.05, 0.1) is 0 Å². The van der Waals surface area contributed by atoms with E-state index in [0.29, 0.717) is 5.13 Å².